The number of benzene rings is 1. The maximum absolute atomic E-state index is 12.4. The van der Waals surface area contributed by atoms with E-state index < -0.39 is 4.92 Å². The van der Waals surface area contributed by atoms with Crippen LogP contribution in [0.25, 0.3) is 0 Å². The molecule has 0 fully saturated rings. The standard InChI is InChI=1S/C14H14N2O3S/c1-10-5-3-7-12(13(10)16(18)19)14(17)15(2)9-11-6-4-8-20-11/h3-8H,9H2,1-2H3. The molecule has 0 bridgehead atoms. The van der Waals surface area contributed by atoms with E-state index in [1.807, 2.05) is 17.5 Å². The molecule has 1 amide bonds. The summed E-state index contributed by atoms with van der Waals surface area (Å²) < 4.78 is 0. The molecule has 2 rings (SSSR count). The molecule has 0 unspecified atom stereocenters. The van der Waals surface area contributed by atoms with Crippen molar-refractivity contribution in [3.63, 3.8) is 0 Å². The second kappa shape index (κ2) is 5.83. The second-order valence-electron chi connectivity index (χ2n) is 4.47. The zero-order valence-corrected chi connectivity index (χ0v) is 12.0. The summed E-state index contributed by atoms with van der Waals surface area (Å²) >= 11 is 1.55. The highest BCUT2D eigenvalue weighted by atomic mass is 32.1. The van der Waals surface area contributed by atoms with Crippen molar-refractivity contribution in [2.45, 2.75) is 13.5 Å². The fourth-order valence-electron chi connectivity index (χ4n) is 1.99. The molecule has 0 saturated carbocycles. The summed E-state index contributed by atoms with van der Waals surface area (Å²) in [7, 11) is 1.65. The van der Waals surface area contributed by atoms with Crippen molar-refractivity contribution in [2.75, 3.05) is 7.05 Å². The van der Waals surface area contributed by atoms with E-state index in [-0.39, 0.29) is 17.2 Å². The zero-order valence-electron chi connectivity index (χ0n) is 11.2. The van der Waals surface area contributed by atoms with Gasteiger partial charge in [0.1, 0.15) is 5.56 Å². The lowest BCUT2D eigenvalue weighted by Gasteiger charge is -2.16. The number of aryl methyl sites for hydroxylation is 1. The molecule has 0 aliphatic carbocycles. The third-order valence-corrected chi connectivity index (χ3v) is 3.83. The van der Waals surface area contributed by atoms with Crippen LogP contribution in [0.4, 0.5) is 5.69 Å². The first-order valence-electron chi connectivity index (χ1n) is 6.02. The molecule has 1 heterocycles. The molecule has 0 N–H and O–H groups in total. The van der Waals surface area contributed by atoms with Gasteiger partial charge in [-0.05, 0) is 24.4 Å². The smallest absolute Gasteiger partial charge is 0.285 e. The number of carbonyl (C=O) groups is 1. The fourth-order valence-corrected chi connectivity index (χ4v) is 2.74. The molecule has 0 radical (unpaired) electrons. The molecular weight excluding hydrogens is 276 g/mol. The van der Waals surface area contributed by atoms with Crippen molar-refractivity contribution in [3.05, 3.63) is 61.8 Å². The summed E-state index contributed by atoms with van der Waals surface area (Å²) in [6, 6.07) is 8.63. The number of hydrogen-bond donors (Lipinski definition) is 0. The summed E-state index contributed by atoms with van der Waals surface area (Å²) in [6.45, 7) is 2.08. The van der Waals surface area contributed by atoms with Gasteiger partial charge in [-0.25, -0.2) is 0 Å². The largest absolute Gasteiger partial charge is 0.336 e. The molecule has 0 aliphatic heterocycles. The maximum Gasteiger partial charge on any atom is 0.285 e. The summed E-state index contributed by atoms with van der Waals surface area (Å²) in [5, 5.41) is 13.1. The van der Waals surface area contributed by atoms with Crippen LogP contribution in [0.1, 0.15) is 20.8 Å². The SMILES string of the molecule is Cc1cccc(C(=O)N(C)Cc2cccs2)c1[N+](=O)[O-]. The van der Waals surface area contributed by atoms with Crippen molar-refractivity contribution >= 4 is 22.9 Å². The van der Waals surface area contributed by atoms with Crippen molar-refractivity contribution in [1.82, 2.24) is 4.90 Å². The van der Waals surface area contributed by atoms with Crippen LogP contribution in [0.3, 0.4) is 0 Å². The van der Waals surface area contributed by atoms with Gasteiger partial charge in [-0.2, -0.15) is 0 Å². The second-order valence-corrected chi connectivity index (χ2v) is 5.50. The van der Waals surface area contributed by atoms with Crippen LogP contribution < -0.4 is 0 Å². The normalized spacial score (nSPS) is 10.3. The number of amides is 1. The first-order chi connectivity index (χ1) is 9.50. The Balaban J connectivity index is 2.29. The van der Waals surface area contributed by atoms with Gasteiger partial charge < -0.3 is 4.90 Å². The van der Waals surface area contributed by atoms with E-state index in [4.69, 9.17) is 0 Å². The Morgan fingerprint density at radius 3 is 2.70 bits per heavy atom. The zero-order chi connectivity index (χ0) is 14.7. The van der Waals surface area contributed by atoms with E-state index in [1.54, 1.807) is 37.4 Å². The Hall–Kier alpha value is -2.21. The number of para-hydroxylation sites is 1. The van der Waals surface area contributed by atoms with Gasteiger partial charge in [-0.1, -0.05) is 18.2 Å². The molecule has 2 aromatic rings. The molecule has 0 aliphatic rings. The Morgan fingerprint density at radius 1 is 1.35 bits per heavy atom. The Kier molecular flexibility index (Phi) is 4.14. The lowest BCUT2D eigenvalue weighted by atomic mass is 10.1. The molecule has 0 spiro atoms. The molecular formula is C14H14N2O3S. The Morgan fingerprint density at radius 2 is 2.10 bits per heavy atom. The van der Waals surface area contributed by atoms with Gasteiger partial charge >= 0.3 is 0 Å². The number of carbonyl (C=O) groups excluding carboxylic acids is 1. The van der Waals surface area contributed by atoms with Crippen molar-refractivity contribution in [3.8, 4) is 0 Å². The average Bonchev–Trinajstić information content (AvgIpc) is 2.89. The first-order valence-corrected chi connectivity index (χ1v) is 6.90. The topological polar surface area (TPSA) is 63.5 Å². The van der Waals surface area contributed by atoms with Crippen LogP contribution in [0.2, 0.25) is 0 Å². The highest BCUT2D eigenvalue weighted by molar-refractivity contribution is 7.09. The molecule has 1 aromatic heterocycles. The van der Waals surface area contributed by atoms with Gasteiger partial charge in [0.15, 0.2) is 0 Å². The van der Waals surface area contributed by atoms with Crippen LogP contribution >= 0.6 is 11.3 Å². The summed E-state index contributed by atoms with van der Waals surface area (Å²) in [5.41, 5.74) is 0.509. The van der Waals surface area contributed by atoms with Crippen LogP contribution in [0, 0.1) is 17.0 Å². The third kappa shape index (κ3) is 2.85. The summed E-state index contributed by atoms with van der Waals surface area (Å²) in [6.07, 6.45) is 0. The minimum Gasteiger partial charge on any atom is -0.336 e. The molecule has 0 saturated heterocycles. The number of hydrogen-bond acceptors (Lipinski definition) is 4. The molecule has 5 nitrogen and oxygen atoms in total. The minimum atomic E-state index is -0.498. The number of rotatable bonds is 4. The number of nitrogens with zero attached hydrogens (tertiary/aromatic N) is 2. The monoisotopic (exact) mass is 290 g/mol. The molecule has 1 aromatic carbocycles. The van der Waals surface area contributed by atoms with Crippen molar-refractivity contribution < 1.29 is 9.72 Å². The van der Waals surface area contributed by atoms with Gasteiger partial charge in [0, 0.05) is 17.5 Å². The van der Waals surface area contributed by atoms with Gasteiger partial charge in [0.2, 0.25) is 0 Å². The van der Waals surface area contributed by atoms with Crippen LogP contribution in [-0.2, 0) is 6.54 Å². The first kappa shape index (κ1) is 14.2. The lowest BCUT2D eigenvalue weighted by Crippen LogP contribution is -2.26. The quantitative estimate of drug-likeness (QED) is 0.641. The average molecular weight is 290 g/mol. The predicted molar refractivity (Wildman–Crippen MR) is 77.9 cm³/mol. The van der Waals surface area contributed by atoms with E-state index in [0.717, 1.165) is 4.88 Å². The van der Waals surface area contributed by atoms with E-state index in [9.17, 15) is 14.9 Å². The van der Waals surface area contributed by atoms with E-state index in [2.05, 4.69) is 0 Å². The van der Waals surface area contributed by atoms with Gasteiger partial charge in [0.25, 0.3) is 11.6 Å². The molecule has 6 heteroatoms. The van der Waals surface area contributed by atoms with E-state index in [0.29, 0.717) is 12.1 Å². The highest BCUT2D eigenvalue weighted by Crippen LogP contribution is 2.24. The van der Waals surface area contributed by atoms with Crippen LogP contribution in [0.5, 0.6) is 0 Å². The van der Waals surface area contributed by atoms with Crippen molar-refractivity contribution in [1.29, 1.82) is 0 Å². The summed E-state index contributed by atoms with van der Waals surface area (Å²) in [5.74, 6) is -0.339. The Labute approximate surface area is 120 Å². The fraction of sp³-hybridized carbons (Fsp3) is 0.214. The minimum absolute atomic E-state index is 0.115. The van der Waals surface area contributed by atoms with Gasteiger partial charge in [0.05, 0.1) is 11.5 Å². The van der Waals surface area contributed by atoms with Crippen LogP contribution in [0.15, 0.2) is 35.7 Å². The van der Waals surface area contributed by atoms with Crippen LogP contribution in [-0.4, -0.2) is 22.8 Å². The third-order valence-electron chi connectivity index (χ3n) is 2.97. The molecule has 20 heavy (non-hydrogen) atoms. The molecule has 0 atom stereocenters. The number of thiophene rings is 1. The summed E-state index contributed by atoms with van der Waals surface area (Å²) in [4.78, 5) is 25.5. The van der Waals surface area contributed by atoms with E-state index in [1.165, 1.54) is 11.0 Å². The lowest BCUT2D eigenvalue weighted by molar-refractivity contribution is -0.385. The maximum atomic E-state index is 12.4. The van der Waals surface area contributed by atoms with Gasteiger partial charge in [-0.3, -0.25) is 14.9 Å². The number of nitro groups is 1. The van der Waals surface area contributed by atoms with Gasteiger partial charge in [-0.15, -0.1) is 11.3 Å². The van der Waals surface area contributed by atoms with E-state index >= 15 is 0 Å². The predicted octanol–water partition coefficient (Wildman–Crippen LogP) is 3.24. The molecule has 104 valence electrons. The van der Waals surface area contributed by atoms with Crippen molar-refractivity contribution in [2.24, 2.45) is 0 Å². The Bertz CT molecular complexity index is 638. The highest BCUT2D eigenvalue weighted by Gasteiger charge is 2.24. The number of nitro benzene ring substituents is 1.